The fraction of sp³-hybridized carbons (Fsp3) is 0.778. The van der Waals surface area contributed by atoms with Gasteiger partial charge in [-0.1, -0.05) is 5.92 Å². The number of methoxy groups -OCH3 is 2. The van der Waals surface area contributed by atoms with Gasteiger partial charge in [0.2, 0.25) is 0 Å². The summed E-state index contributed by atoms with van der Waals surface area (Å²) in [4.78, 5) is 0. The molecule has 3 unspecified atom stereocenters. The Kier molecular flexibility index (Phi) is 3.54. The minimum absolute atomic E-state index is 0.143. The summed E-state index contributed by atoms with van der Waals surface area (Å²) in [6.07, 6.45) is 0.388. The van der Waals surface area contributed by atoms with Crippen LogP contribution in [0.1, 0.15) is 13.3 Å². The van der Waals surface area contributed by atoms with Crippen molar-refractivity contribution in [3.8, 4) is 11.8 Å². The minimum atomic E-state index is -0.234. The Balaban J connectivity index is 2.54. The van der Waals surface area contributed by atoms with Gasteiger partial charge in [0.25, 0.3) is 0 Å². The smallest absolute Gasteiger partial charge is 0.174 e. The van der Waals surface area contributed by atoms with Crippen molar-refractivity contribution in [3.63, 3.8) is 0 Å². The van der Waals surface area contributed by atoms with Crippen LogP contribution in [0.15, 0.2) is 0 Å². The molecule has 3 atom stereocenters. The summed E-state index contributed by atoms with van der Waals surface area (Å²) in [5.41, 5.74) is 0. The van der Waals surface area contributed by atoms with E-state index >= 15 is 0 Å². The van der Waals surface area contributed by atoms with Crippen molar-refractivity contribution in [2.75, 3.05) is 14.2 Å². The summed E-state index contributed by atoms with van der Waals surface area (Å²) in [7, 11) is 3.24. The van der Waals surface area contributed by atoms with Crippen LogP contribution < -0.4 is 0 Å². The zero-order chi connectivity index (χ0) is 8.97. The zero-order valence-corrected chi connectivity index (χ0v) is 7.66. The van der Waals surface area contributed by atoms with Crippen molar-refractivity contribution in [1.29, 1.82) is 0 Å². The standard InChI is InChI=1S/C9H14O3/c1-4-5-7-6-8(10-2)12-9(7)11-3/h7-9H,6H2,1-3H3. The Morgan fingerprint density at radius 1 is 1.33 bits per heavy atom. The lowest BCUT2D eigenvalue weighted by Crippen LogP contribution is -2.17. The van der Waals surface area contributed by atoms with E-state index in [1.54, 1.807) is 14.2 Å². The lowest BCUT2D eigenvalue weighted by Gasteiger charge is -2.11. The SMILES string of the molecule is CC#CC1CC(OC)OC1OC. The third-order valence-electron chi connectivity index (χ3n) is 1.89. The van der Waals surface area contributed by atoms with Gasteiger partial charge in [-0.25, -0.2) is 0 Å². The predicted octanol–water partition coefficient (Wildman–Crippen LogP) is 0.991. The Morgan fingerprint density at radius 2 is 2.08 bits per heavy atom. The van der Waals surface area contributed by atoms with Crippen LogP contribution in [-0.4, -0.2) is 26.8 Å². The van der Waals surface area contributed by atoms with Gasteiger partial charge in [0.05, 0.1) is 5.92 Å². The van der Waals surface area contributed by atoms with E-state index in [2.05, 4.69) is 11.8 Å². The molecule has 3 heteroatoms. The zero-order valence-electron chi connectivity index (χ0n) is 7.66. The largest absolute Gasteiger partial charge is 0.356 e. The minimum Gasteiger partial charge on any atom is -0.356 e. The van der Waals surface area contributed by atoms with E-state index < -0.39 is 0 Å². The molecular weight excluding hydrogens is 156 g/mol. The lowest BCUT2D eigenvalue weighted by atomic mass is 10.1. The van der Waals surface area contributed by atoms with Crippen molar-refractivity contribution in [3.05, 3.63) is 0 Å². The summed E-state index contributed by atoms with van der Waals surface area (Å²) in [6.45, 7) is 1.81. The van der Waals surface area contributed by atoms with E-state index in [0.717, 1.165) is 6.42 Å². The lowest BCUT2D eigenvalue weighted by molar-refractivity contribution is -0.189. The van der Waals surface area contributed by atoms with E-state index in [0.29, 0.717) is 0 Å². The third kappa shape index (κ3) is 1.98. The molecule has 0 spiro atoms. The molecule has 0 aromatic rings. The monoisotopic (exact) mass is 170 g/mol. The molecule has 1 heterocycles. The second-order valence-corrected chi connectivity index (χ2v) is 2.64. The average molecular weight is 170 g/mol. The maximum atomic E-state index is 5.38. The highest BCUT2D eigenvalue weighted by molar-refractivity contribution is 5.04. The Labute approximate surface area is 73.0 Å². The summed E-state index contributed by atoms with van der Waals surface area (Å²) in [5, 5.41) is 0. The molecule has 0 aromatic carbocycles. The first-order valence-corrected chi connectivity index (χ1v) is 3.95. The van der Waals surface area contributed by atoms with Gasteiger partial charge in [0.15, 0.2) is 12.6 Å². The second-order valence-electron chi connectivity index (χ2n) is 2.64. The van der Waals surface area contributed by atoms with Crippen LogP contribution in [-0.2, 0) is 14.2 Å². The molecule has 68 valence electrons. The van der Waals surface area contributed by atoms with Gasteiger partial charge >= 0.3 is 0 Å². The van der Waals surface area contributed by atoms with Crippen LogP contribution in [0.2, 0.25) is 0 Å². The molecule has 1 rings (SSSR count). The summed E-state index contributed by atoms with van der Waals surface area (Å²) < 4.78 is 15.5. The fourth-order valence-electron chi connectivity index (χ4n) is 1.30. The van der Waals surface area contributed by atoms with Gasteiger partial charge in [-0.05, 0) is 6.92 Å². The average Bonchev–Trinajstić information content (AvgIpc) is 2.48. The van der Waals surface area contributed by atoms with E-state index in [-0.39, 0.29) is 18.5 Å². The normalized spacial score (nSPS) is 34.4. The molecule has 1 aliphatic heterocycles. The molecule has 0 saturated carbocycles. The van der Waals surface area contributed by atoms with Gasteiger partial charge in [-0.2, -0.15) is 0 Å². The number of hydrogen-bond acceptors (Lipinski definition) is 3. The second kappa shape index (κ2) is 4.46. The molecule has 0 N–H and O–H groups in total. The van der Waals surface area contributed by atoms with Crippen molar-refractivity contribution < 1.29 is 14.2 Å². The van der Waals surface area contributed by atoms with Crippen LogP contribution in [0.5, 0.6) is 0 Å². The van der Waals surface area contributed by atoms with Crippen LogP contribution >= 0.6 is 0 Å². The van der Waals surface area contributed by atoms with Gasteiger partial charge < -0.3 is 14.2 Å². The maximum absolute atomic E-state index is 5.38. The molecule has 0 bridgehead atoms. The van der Waals surface area contributed by atoms with E-state index in [1.165, 1.54) is 0 Å². The van der Waals surface area contributed by atoms with E-state index in [1.807, 2.05) is 6.92 Å². The first-order valence-electron chi connectivity index (χ1n) is 3.95. The topological polar surface area (TPSA) is 27.7 Å². The molecule has 0 aromatic heterocycles. The Morgan fingerprint density at radius 3 is 2.58 bits per heavy atom. The molecule has 0 radical (unpaired) electrons. The summed E-state index contributed by atoms with van der Waals surface area (Å²) in [5.74, 6) is 6.03. The van der Waals surface area contributed by atoms with E-state index in [4.69, 9.17) is 14.2 Å². The van der Waals surface area contributed by atoms with Crippen LogP contribution in [0.3, 0.4) is 0 Å². The molecule has 0 amide bonds. The Bertz CT molecular complexity index is 192. The van der Waals surface area contributed by atoms with Crippen LogP contribution in [0.4, 0.5) is 0 Å². The highest BCUT2D eigenvalue weighted by Gasteiger charge is 2.34. The summed E-state index contributed by atoms with van der Waals surface area (Å²) in [6, 6.07) is 0. The highest BCUT2D eigenvalue weighted by atomic mass is 16.8. The van der Waals surface area contributed by atoms with Crippen molar-refractivity contribution in [1.82, 2.24) is 0 Å². The molecular formula is C9H14O3. The number of hydrogen-bond donors (Lipinski definition) is 0. The molecule has 1 saturated heterocycles. The van der Waals surface area contributed by atoms with E-state index in [9.17, 15) is 0 Å². The molecule has 12 heavy (non-hydrogen) atoms. The van der Waals surface area contributed by atoms with Crippen molar-refractivity contribution in [2.24, 2.45) is 5.92 Å². The maximum Gasteiger partial charge on any atom is 0.174 e. The molecule has 1 aliphatic rings. The van der Waals surface area contributed by atoms with Gasteiger partial charge in [0.1, 0.15) is 0 Å². The van der Waals surface area contributed by atoms with Gasteiger partial charge in [0, 0.05) is 20.6 Å². The highest BCUT2D eigenvalue weighted by Crippen LogP contribution is 2.26. The molecule has 1 fully saturated rings. The van der Waals surface area contributed by atoms with Gasteiger partial charge in [-0.15, -0.1) is 5.92 Å². The van der Waals surface area contributed by atoms with Gasteiger partial charge in [-0.3, -0.25) is 0 Å². The summed E-state index contributed by atoms with van der Waals surface area (Å²) >= 11 is 0. The molecule has 0 aliphatic carbocycles. The molecule has 3 nitrogen and oxygen atoms in total. The quantitative estimate of drug-likeness (QED) is 0.578. The number of ether oxygens (including phenoxy) is 3. The van der Waals surface area contributed by atoms with Crippen molar-refractivity contribution >= 4 is 0 Å². The first-order chi connectivity index (χ1) is 5.81. The number of rotatable bonds is 2. The first kappa shape index (κ1) is 9.53. The predicted molar refractivity (Wildman–Crippen MR) is 44.2 cm³/mol. The fourth-order valence-corrected chi connectivity index (χ4v) is 1.30. The van der Waals surface area contributed by atoms with Crippen molar-refractivity contribution in [2.45, 2.75) is 25.9 Å². The Hall–Kier alpha value is -0.560. The third-order valence-corrected chi connectivity index (χ3v) is 1.89. The van der Waals surface area contributed by atoms with Crippen LogP contribution in [0.25, 0.3) is 0 Å². The van der Waals surface area contributed by atoms with Crippen LogP contribution in [0, 0.1) is 17.8 Å².